The van der Waals surface area contributed by atoms with Gasteiger partial charge in [0.2, 0.25) is 17.7 Å². The fourth-order valence-electron chi connectivity index (χ4n) is 8.42. The van der Waals surface area contributed by atoms with E-state index in [-0.39, 0.29) is 30.9 Å². The number of rotatable bonds is 15. The molecule has 262 valence electrons. The van der Waals surface area contributed by atoms with Crippen molar-refractivity contribution in [3.8, 4) is 5.75 Å². The number of aliphatic hydroxyl groups excluding tert-OH is 1. The highest BCUT2D eigenvalue weighted by Crippen LogP contribution is 2.72. The van der Waals surface area contributed by atoms with Crippen LogP contribution in [0.15, 0.2) is 110 Å². The highest BCUT2D eigenvalue weighted by molar-refractivity contribution is 8.02. The Morgan fingerprint density at radius 2 is 1.60 bits per heavy atom. The average molecular weight is 694 g/mol. The van der Waals surface area contributed by atoms with Crippen LogP contribution in [-0.2, 0) is 27.3 Å². The molecular formula is C41H47N3O5S. The van der Waals surface area contributed by atoms with Gasteiger partial charge in [0.15, 0.2) is 0 Å². The number of carbonyl (C=O) groups is 3. The molecule has 2 unspecified atom stereocenters. The van der Waals surface area contributed by atoms with Crippen LogP contribution in [0, 0.1) is 11.8 Å². The van der Waals surface area contributed by atoms with Crippen LogP contribution in [0.5, 0.6) is 5.75 Å². The summed E-state index contributed by atoms with van der Waals surface area (Å²) in [6.45, 7) is 13.0. The number of carbonyl (C=O) groups excluding carboxylic acids is 3. The van der Waals surface area contributed by atoms with Crippen LogP contribution in [0.1, 0.15) is 37.8 Å². The number of ether oxygens (including phenoxy) is 1. The molecule has 3 aromatic carbocycles. The third kappa shape index (κ3) is 6.37. The number of aliphatic hydroxyl groups is 1. The summed E-state index contributed by atoms with van der Waals surface area (Å²) in [5, 5.41) is 10.9. The largest absolute Gasteiger partial charge is 0.494 e. The maximum absolute atomic E-state index is 15.1. The summed E-state index contributed by atoms with van der Waals surface area (Å²) in [6, 6.07) is 25.4. The molecule has 1 spiro atoms. The molecule has 0 radical (unpaired) electrons. The minimum Gasteiger partial charge on any atom is -0.494 e. The first-order valence-corrected chi connectivity index (χ1v) is 18.3. The van der Waals surface area contributed by atoms with Crippen LogP contribution in [0.2, 0.25) is 0 Å². The van der Waals surface area contributed by atoms with Gasteiger partial charge in [0.05, 0.1) is 35.8 Å². The molecule has 3 heterocycles. The van der Waals surface area contributed by atoms with E-state index in [9.17, 15) is 9.90 Å². The summed E-state index contributed by atoms with van der Waals surface area (Å²) in [5.41, 5.74) is 2.61. The van der Waals surface area contributed by atoms with Crippen molar-refractivity contribution in [2.75, 3.05) is 31.2 Å². The Balaban J connectivity index is 1.43. The number of amides is 3. The molecule has 3 amide bonds. The smallest absolute Gasteiger partial charge is 0.247 e. The van der Waals surface area contributed by atoms with E-state index in [1.54, 1.807) is 38.6 Å². The third-order valence-corrected chi connectivity index (χ3v) is 12.5. The monoisotopic (exact) mass is 693 g/mol. The molecule has 9 heteroatoms. The van der Waals surface area contributed by atoms with Gasteiger partial charge in [-0.3, -0.25) is 14.4 Å². The first kappa shape index (κ1) is 35.5. The van der Waals surface area contributed by atoms with E-state index < -0.39 is 33.4 Å². The van der Waals surface area contributed by atoms with Crippen molar-refractivity contribution in [1.29, 1.82) is 0 Å². The Hall–Kier alpha value is -4.34. The molecule has 0 aliphatic carbocycles. The Kier molecular flexibility index (Phi) is 10.6. The van der Waals surface area contributed by atoms with Crippen LogP contribution in [0.4, 0.5) is 5.69 Å². The van der Waals surface area contributed by atoms with Gasteiger partial charge in [-0.15, -0.1) is 24.9 Å². The fraction of sp³-hybridized carbons (Fsp3) is 0.390. The van der Waals surface area contributed by atoms with E-state index in [2.05, 4.69) is 20.1 Å². The van der Waals surface area contributed by atoms with Crippen molar-refractivity contribution in [3.63, 3.8) is 0 Å². The third-order valence-electron chi connectivity index (χ3n) is 10.5. The van der Waals surface area contributed by atoms with Gasteiger partial charge in [-0.2, -0.15) is 0 Å². The molecule has 3 saturated heterocycles. The number of nitrogens with zero attached hydrogens (tertiary/aromatic N) is 3. The molecular weight excluding hydrogens is 647 g/mol. The van der Waals surface area contributed by atoms with E-state index in [0.717, 1.165) is 11.1 Å². The Morgan fingerprint density at radius 3 is 2.20 bits per heavy atom. The van der Waals surface area contributed by atoms with E-state index in [0.29, 0.717) is 50.4 Å². The van der Waals surface area contributed by atoms with Crippen molar-refractivity contribution >= 4 is 35.2 Å². The summed E-state index contributed by atoms with van der Waals surface area (Å²) >= 11 is 1.64. The van der Waals surface area contributed by atoms with Crippen LogP contribution in [0.25, 0.3) is 0 Å². The van der Waals surface area contributed by atoms with Gasteiger partial charge in [-0.05, 0) is 68.5 Å². The molecule has 0 saturated carbocycles. The summed E-state index contributed by atoms with van der Waals surface area (Å²) < 4.78 is 4.23. The average Bonchev–Trinajstić information content (AvgIpc) is 3.70. The van der Waals surface area contributed by atoms with Gasteiger partial charge < -0.3 is 24.5 Å². The minimum absolute atomic E-state index is 0.159. The van der Waals surface area contributed by atoms with Crippen molar-refractivity contribution in [1.82, 2.24) is 9.80 Å². The molecule has 3 aliphatic heterocycles. The van der Waals surface area contributed by atoms with Crippen molar-refractivity contribution in [2.45, 2.75) is 61.2 Å². The lowest BCUT2D eigenvalue weighted by Gasteiger charge is -2.39. The summed E-state index contributed by atoms with van der Waals surface area (Å²) in [7, 11) is 0. The summed E-state index contributed by atoms with van der Waals surface area (Å²) in [6.07, 6.45) is 5.08. The molecule has 0 aromatic heterocycles. The van der Waals surface area contributed by atoms with Crippen molar-refractivity contribution in [2.24, 2.45) is 11.8 Å². The van der Waals surface area contributed by atoms with Crippen LogP contribution < -0.4 is 9.64 Å². The number of hydrogen-bond acceptors (Lipinski definition) is 6. The minimum atomic E-state index is -0.868. The van der Waals surface area contributed by atoms with Gasteiger partial charge in [-0.1, -0.05) is 72.8 Å². The predicted molar refractivity (Wildman–Crippen MR) is 199 cm³/mol. The van der Waals surface area contributed by atoms with Crippen molar-refractivity contribution < 1.29 is 24.2 Å². The number of benzene rings is 3. The number of hydrogen-bond donors (Lipinski definition) is 1. The summed E-state index contributed by atoms with van der Waals surface area (Å²) in [5.74, 6) is -1.30. The molecule has 50 heavy (non-hydrogen) atoms. The topological polar surface area (TPSA) is 90.4 Å². The maximum Gasteiger partial charge on any atom is 0.247 e. The molecule has 3 aliphatic rings. The lowest BCUT2D eigenvalue weighted by Crippen LogP contribution is -2.57. The van der Waals surface area contributed by atoms with E-state index in [1.165, 1.54) is 0 Å². The number of anilines is 1. The predicted octanol–water partition coefficient (Wildman–Crippen LogP) is 5.90. The van der Waals surface area contributed by atoms with Gasteiger partial charge in [0.1, 0.15) is 11.8 Å². The lowest BCUT2D eigenvalue weighted by molar-refractivity contribution is -0.146. The standard InChI is InChI=1S/C41H47N3O5S/c1-5-24-42(27-30-16-12-9-13-17-30)39(48)36-41-23-22-40(4,50-41)34(37(46)43(25-6-2)31-18-20-33(21-19-31)49-7-3)35(41)38(47)44(36)32(28-45)26-29-14-10-8-11-15-29/h5-6,8-21,32,34-36,45H,1-2,7,22-28H2,3-4H3/t32-,34+,35+,36?,40-,41?/m1/s1. The second-order valence-electron chi connectivity index (χ2n) is 13.7. The Morgan fingerprint density at radius 1 is 0.960 bits per heavy atom. The van der Waals surface area contributed by atoms with Crippen LogP contribution >= 0.6 is 11.8 Å². The van der Waals surface area contributed by atoms with Gasteiger partial charge >= 0.3 is 0 Å². The zero-order valence-corrected chi connectivity index (χ0v) is 29.8. The van der Waals surface area contributed by atoms with Gasteiger partial charge in [0.25, 0.3) is 0 Å². The van der Waals surface area contributed by atoms with E-state index >= 15 is 9.59 Å². The molecule has 3 fully saturated rings. The molecule has 3 aromatic rings. The lowest BCUT2D eigenvalue weighted by atomic mass is 9.66. The van der Waals surface area contributed by atoms with Crippen molar-refractivity contribution in [3.05, 3.63) is 121 Å². The molecule has 2 bridgehead atoms. The van der Waals surface area contributed by atoms with Gasteiger partial charge in [-0.25, -0.2) is 0 Å². The Labute approximate surface area is 299 Å². The molecule has 6 rings (SSSR count). The highest BCUT2D eigenvalue weighted by atomic mass is 32.2. The second kappa shape index (κ2) is 14.9. The SMILES string of the molecule is C=CCN(Cc1ccccc1)C(=O)C1N([C@@H](CO)Cc2ccccc2)C(=O)[C@@H]2[C@@H](C(=O)N(CC=C)c3ccc(OCC)cc3)[C@@]3(C)CCC12S3. The van der Waals surface area contributed by atoms with E-state index in [1.807, 2.05) is 91.9 Å². The van der Waals surface area contributed by atoms with Crippen LogP contribution in [-0.4, -0.2) is 80.5 Å². The second-order valence-corrected chi connectivity index (χ2v) is 15.6. The van der Waals surface area contributed by atoms with Gasteiger partial charge in [0, 0.05) is 30.1 Å². The zero-order valence-electron chi connectivity index (χ0n) is 28.9. The first-order valence-electron chi connectivity index (χ1n) is 17.5. The quantitative estimate of drug-likeness (QED) is 0.200. The zero-order chi connectivity index (χ0) is 35.5. The van der Waals surface area contributed by atoms with E-state index in [4.69, 9.17) is 4.74 Å². The normalized spacial score (nSPS) is 25.5. The maximum atomic E-state index is 15.1. The van der Waals surface area contributed by atoms with Crippen LogP contribution in [0.3, 0.4) is 0 Å². The number of fused-ring (bicyclic) bond motifs is 1. The molecule has 6 atom stereocenters. The Bertz CT molecular complexity index is 1700. The number of likely N-dealkylation sites (tertiary alicyclic amines) is 1. The molecule has 1 N–H and O–H groups in total. The first-order chi connectivity index (χ1) is 24.2. The highest BCUT2D eigenvalue weighted by Gasteiger charge is 2.78. The summed E-state index contributed by atoms with van der Waals surface area (Å²) in [4.78, 5) is 50.2. The fourth-order valence-corrected chi connectivity index (χ4v) is 10.8. The molecule has 8 nitrogen and oxygen atoms in total. The number of thioether (sulfide) groups is 1.